The van der Waals surface area contributed by atoms with Gasteiger partial charge in [0.05, 0.1) is 23.4 Å². The first-order valence-electron chi connectivity index (χ1n) is 7.95. The third-order valence-corrected chi connectivity index (χ3v) is 4.38. The van der Waals surface area contributed by atoms with Crippen LogP contribution < -0.4 is 5.32 Å². The standard InChI is InChI=1S/C17H18F3N3O2/c1-9-7-10(17(18,19)20)8-14(25)16(9)12-5-6-15(23-22-12)21-11-3-2-4-13(11)24/h5-8,11,13,24-25H,2-4H2,1H3,(H,21,23)/t11-,13-/m1/s1. The van der Waals surface area contributed by atoms with Crippen molar-refractivity contribution in [2.45, 2.75) is 44.5 Å². The molecule has 1 aromatic carbocycles. The first-order chi connectivity index (χ1) is 11.8. The smallest absolute Gasteiger partial charge is 0.416 e. The number of aryl methyl sites for hydroxylation is 1. The average Bonchev–Trinajstić information content (AvgIpc) is 2.92. The summed E-state index contributed by atoms with van der Waals surface area (Å²) in [6, 6.07) is 4.78. The zero-order valence-electron chi connectivity index (χ0n) is 13.5. The van der Waals surface area contributed by atoms with E-state index in [2.05, 4.69) is 15.5 Å². The number of aliphatic hydroxyl groups excluding tert-OH is 1. The molecular formula is C17H18F3N3O2. The number of phenolic OH excluding ortho intramolecular Hbond substituents is 1. The van der Waals surface area contributed by atoms with E-state index < -0.39 is 23.6 Å². The van der Waals surface area contributed by atoms with Gasteiger partial charge in [0.25, 0.3) is 0 Å². The van der Waals surface area contributed by atoms with Crippen LogP contribution in [0.2, 0.25) is 0 Å². The van der Waals surface area contributed by atoms with Gasteiger partial charge in [-0.1, -0.05) is 0 Å². The first kappa shape index (κ1) is 17.5. The number of nitrogens with one attached hydrogen (secondary N) is 1. The van der Waals surface area contributed by atoms with E-state index in [4.69, 9.17) is 0 Å². The molecule has 0 radical (unpaired) electrons. The number of benzene rings is 1. The number of hydrogen-bond acceptors (Lipinski definition) is 5. The van der Waals surface area contributed by atoms with Crippen molar-refractivity contribution in [1.82, 2.24) is 10.2 Å². The van der Waals surface area contributed by atoms with Gasteiger partial charge < -0.3 is 15.5 Å². The number of anilines is 1. The van der Waals surface area contributed by atoms with Gasteiger partial charge in [-0.2, -0.15) is 13.2 Å². The Morgan fingerprint density at radius 2 is 1.92 bits per heavy atom. The zero-order chi connectivity index (χ0) is 18.2. The minimum absolute atomic E-state index is 0.0821. The molecule has 1 saturated carbocycles. The van der Waals surface area contributed by atoms with Crippen LogP contribution in [0.15, 0.2) is 24.3 Å². The SMILES string of the molecule is Cc1cc(C(F)(F)F)cc(O)c1-c1ccc(N[C@@H]2CCC[C@H]2O)nn1. The summed E-state index contributed by atoms with van der Waals surface area (Å²) in [6.45, 7) is 1.48. The summed E-state index contributed by atoms with van der Waals surface area (Å²) in [5.74, 6) is -0.0210. The number of aromatic nitrogens is 2. The molecule has 1 fully saturated rings. The Labute approximate surface area is 142 Å². The molecule has 2 aromatic rings. The molecule has 0 spiro atoms. The van der Waals surface area contributed by atoms with E-state index >= 15 is 0 Å². The van der Waals surface area contributed by atoms with Crippen LogP contribution in [0.5, 0.6) is 5.75 Å². The summed E-state index contributed by atoms with van der Waals surface area (Å²) in [5, 5.41) is 30.9. The molecule has 8 heteroatoms. The van der Waals surface area contributed by atoms with Crippen molar-refractivity contribution in [2.75, 3.05) is 5.32 Å². The lowest BCUT2D eigenvalue weighted by Gasteiger charge is -2.17. The topological polar surface area (TPSA) is 78.3 Å². The number of hydrogen-bond donors (Lipinski definition) is 3. The van der Waals surface area contributed by atoms with Gasteiger partial charge in [0.15, 0.2) is 0 Å². The van der Waals surface area contributed by atoms with Gasteiger partial charge in [-0.25, -0.2) is 0 Å². The quantitative estimate of drug-likeness (QED) is 0.787. The van der Waals surface area contributed by atoms with Gasteiger partial charge in [-0.05, 0) is 56.0 Å². The summed E-state index contributed by atoms with van der Waals surface area (Å²) >= 11 is 0. The Bertz CT molecular complexity index is 740. The van der Waals surface area contributed by atoms with E-state index in [1.807, 2.05) is 0 Å². The average molecular weight is 353 g/mol. The Morgan fingerprint density at radius 1 is 1.16 bits per heavy atom. The fraction of sp³-hybridized carbons (Fsp3) is 0.412. The lowest BCUT2D eigenvalue weighted by Crippen LogP contribution is -2.28. The van der Waals surface area contributed by atoms with Crippen molar-refractivity contribution < 1.29 is 23.4 Å². The summed E-state index contributed by atoms with van der Waals surface area (Å²) in [4.78, 5) is 0. The second-order valence-electron chi connectivity index (χ2n) is 6.24. The van der Waals surface area contributed by atoms with Crippen molar-refractivity contribution >= 4 is 5.82 Å². The molecule has 25 heavy (non-hydrogen) atoms. The normalized spacial score (nSPS) is 20.7. The fourth-order valence-electron chi connectivity index (χ4n) is 3.11. The summed E-state index contributed by atoms with van der Waals surface area (Å²) in [7, 11) is 0. The van der Waals surface area contributed by atoms with Gasteiger partial charge in [0.2, 0.25) is 0 Å². The molecule has 0 aliphatic heterocycles. The summed E-state index contributed by atoms with van der Waals surface area (Å²) in [5.41, 5.74) is -0.157. The second-order valence-corrected chi connectivity index (χ2v) is 6.24. The molecule has 3 rings (SSSR count). The lowest BCUT2D eigenvalue weighted by molar-refractivity contribution is -0.137. The maximum atomic E-state index is 12.8. The van der Waals surface area contributed by atoms with Crippen LogP contribution >= 0.6 is 0 Å². The molecule has 0 unspecified atom stereocenters. The zero-order valence-corrected chi connectivity index (χ0v) is 13.5. The highest BCUT2D eigenvalue weighted by Gasteiger charge is 2.32. The minimum atomic E-state index is -4.53. The predicted molar refractivity (Wildman–Crippen MR) is 86.1 cm³/mol. The van der Waals surface area contributed by atoms with Crippen LogP contribution in [-0.2, 0) is 6.18 Å². The van der Waals surface area contributed by atoms with Gasteiger partial charge in [0.1, 0.15) is 11.6 Å². The van der Waals surface area contributed by atoms with Crippen molar-refractivity contribution in [3.8, 4) is 17.0 Å². The van der Waals surface area contributed by atoms with Crippen LogP contribution in [0.3, 0.4) is 0 Å². The van der Waals surface area contributed by atoms with E-state index in [1.165, 1.54) is 6.92 Å². The highest BCUT2D eigenvalue weighted by Crippen LogP contribution is 2.38. The number of halogens is 3. The van der Waals surface area contributed by atoms with E-state index in [9.17, 15) is 23.4 Å². The van der Waals surface area contributed by atoms with Crippen LogP contribution in [0.1, 0.15) is 30.4 Å². The monoisotopic (exact) mass is 353 g/mol. The molecule has 3 N–H and O–H groups in total. The minimum Gasteiger partial charge on any atom is -0.507 e. The molecule has 134 valence electrons. The van der Waals surface area contributed by atoms with E-state index in [0.29, 0.717) is 11.9 Å². The number of aliphatic hydroxyl groups is 1. The molecule has 1 aliphatic carbocycles. The maximum absolute atomic E-state index is 12.8. The number of phenols is 1. The Kier molecular flexibility index (Phi) is 4.55. The molecule has 5 nitrogen and oxygen atoms in total. The van der Waals surface area contributed by atoms with Gasteiger partial charge in [0, 0.05) is 5.56 Å². The van der Waals surface area contributed by atoms with Crippen molar-refractivity contribution in [3.05, 3.63) is 35.4 Å². The van der Waals surface area contributed by atoms with Crippen molar-refractivity contribution in [1.29, 1.82) is 0 Å². The summed E-state index contributed by atoms with van der Waals surface area (Å²) < 4.78 is 38.4. The number of rotatable bonds is 3. The molecule has 0 bridgehead atoms. The first-order valence-corrected chi connectivity index (χ1v) is 7.95. The van der Waals surface area contributed by atoms with Gasteiger partial charge >= 0.3 is 6.18 Å². The fourth-order valence-corrected chi connectivity index (χ4v) is 3.11. The van der Waals surface area contributed by atoms with Crippen molar-refractivity contribution in [3.63, 3.8) is 0 Å². The third-order valence-electron chi connectivity index (χ3n) is 4.38. The number of aromatic hydroxyl groups is 1. The Morgan fingerprint density at radius 3 is 2.44 bits per heavy atom. The third kappa shape index (κ3) is 3.68. The lowest BCUT2D eigenvalue weighted by atomic mass is 10.0. The van der Waals surface area contributed by atoms with Crippen LogP contribution in [0.4, 0.5) is 19.0 Å². The Balaban J connectivity index is 1.85. The van der Waals surface area contributed by atoms with Gasteiger partial charge in [-0.3, -0.25) is 0 Å². The number of nitrogens with zero attached hydrogens (tertiary/aromatic N) is 2. The maximum Gasteiger partial charge on any atom is 0.416 e. The molecule has 1 heterocycles. The predicted octanol–water partition coefficient (Wildman–Crippen LogP) is 3.50. The van der Waals surface area contributed by atoms with Crippen molar-refractivity contribution in [2.24, 2.45) is 0 Å². The van der Waals surface area contributed by atoms with E-state index in [1.54, 1.807) is 12.1 Å². The second kappa shape index (κ2) is 6.51. The highest BCUT2D eigenvalue weighted by atomic mass is 19.4. The van der Waals surface area contributed by atoms with Gasteiger partial charge in [-0.15, -0.1) is 10.2 Å². The molecule has 1 aliphatic rings. The molecule has 0 amide bonds. The van der Waals surface area contributed by atoms with E-state index in [-0.39, 0.29) is 22.9 Å². The molecular weight excluding hydrogens is 335 g/mol. The largest absolute Gasteiger partial charge is 0.507 e. The van der Waals surface area contributed by atoms with Crippen LogP contribution in [-0.4, -0.2) is 32.6 Å². The van der Waals surface area contributed by atoms with E-state index in [0.717, 1.165) is 25.3 Å². The molecule has 0 saturated heterocycles. The highest BCUT2D eigenvalue weighted by molar-refractivity contribution is 5.71. The molecule has 2 atom stereocenters. The van der Waals surface area contributed by atoms with Crippen LogP contribution in [0, 0.1) is 6.92 Å². The Hall–Kier alpha value is -2.35. The number of alkyl halides is 3. The molecule has 1 aromatic heterocycles. The summed E-state index contributed by atoms with van der Waals surface area (Å²) in [6.07, 6.45) is -2.45. The van der Waals surface area contributed by atoms with Crippen LogP contribution in [0.25, 0.3) is 11.3 Å².